The Morgan fingerprint density at radius 1 is 1.14 bits per heavy atom. The molecule has 0 aliphatic rings. The largest absolute Gasteiger partial charge is 0.508 e. The molecule has 2 heterocycles. The zero-order valence-corrected chi connectivity index (χ0v) is 12.5. The molecule has 4 heteroatoms. The van der Waals surface area contributed by atoms with Gasteiger partial charge in [0.25, 0.3) is 0 Å². The molecule has 2 aromatic heterocycles. The van der Waals surface area contributed by atoms with Gasteiger partial charge in [0.15, 0.2) is 5.65 Å². The number of phenols is 1. The smallest absolute Gasteiger partial charge is 0.160 e. The Morgan fingerprint density at radius 3 is 2.67 bits per heavy atom. The van der Waals surface area contributed by atoms with Gasteiger partial charge < -0.3 is 9.67 Å². The van der Waals surface area contributed by atoms with Crippen molar-refractivity contribution in [3.05, 3.63) is 54.0 Å². The standard InChI is InChI=1S/C17H19N3O/c1-17(2,3)16-19-14-8-5-9-18-15(14)20(16)11-12-6-4-7-13(21)10-12/h4-10,21H,11H2,1-3H3. The molecular weight excluding hydrogens is 262 g/mol. The molecule has 0 radical (unpaired) electrons. The van der Waals surface area contributed by atoms with Crippen LogP contribution in [0.25, 0.3) is 11.2 Å². The third kappa shape index (κ3) is 2.61. The number of rotatable bonds is 2. The molecular formula is C17H19N3O. The van der Waals surface area contributed by atoms with Crippen LogP contribution >= 0.6 is 0 Å². The summed E-state index contributed by atoms with van der Waals surface area (Å²) in [6.07, 6.45) is 1.79. The summed E-state index contributed by atoms with van der Waals surface area (Å²) in [4.78, 5) is 9.21. The molecule has 21 heavy (non-hydrogen) atoms. The number of nitrogens with zero attached hydrogens (tertiary/aromatic N) is 3. The van der Waals surface area contributed by atoms with Crippen molar-refractivity contribution in [1.29, 1.82) is 0 Å². The van der Waals surface area contributed by atoms with E-state index in [0.29, 0.717) is 6.54 Å². The van der Waals surface area contributed by atoms with Crippen LogP contribution in [0.5, 0.6) is 5.75 Å². The Hall–Kier alpha value is -2.36. The number of aromatic hydroxyl groups is 1. The summed E-state index contributed by atoms with van der Waals surface area (Å²) in [7, 11) is 0. The predicted octanol–water partition coefficient (Wildman–Crippen LogP) is 3.48. The lowest BCUT2D eigenvalue weighted by atomic mass is 9.95. The molecule has 3 rings (SSSR count). The summed E-state index contributed by atoms with van der Waals surface area (Å²) < 4.78 is 2.13. The highest BCUT2D eigenvalue weighted by Crippen LogP contribution is 2.26. The predicted molar refractivity (Wildman–Crippen MR) is 83.4 cm³/mol. The van der Waals surface area contributed by atoms with Gasteiger partial charge in [-0.1, -0.05) is 32.9 Å². The zero-order valence-electron chi connectivity index (χ0n) is 12.5. The lowest BCUT2D eigenvalue weighted by Crippen LogP contribution is -2.19. The maximum absolute atomic E-state index is 9.64. The maximum atomic E-state index is 9.64. The highest BCUT2D eigenvalue weighted by atomic mass is 16.3. The number of aromatic nitrogens is 3. The number of imidazole rings is 1. The van der Waals surface area contributed by atoms with E-state index >= 15 is 0 Å². The fraction of sp³-hybridized carbons (Fsp3) is 0.294. The number of benzene rings is 1. The summed E-state index contributed by atoms with van der Waals surface area (Å²) in [5.74, 6) is 1.28. The van der Waals surface area contributed by atoms with Gasteiger partial charge in [0.1, 0.15) is 17.1 Å². The molecule has 3 aromatic rings. The van der Waals surface area contributed by atoms with Gasteiger partial charge >= 0.3 is 0 Å². The Bertz CT molecular complexity index is 784. The zero-order chi connectivity index (χ0) is 15.0. The van der Waals surface area contributed by atoms with Crippen molar-refractivity contribution >= 4 is 11.2 Å². The Morgan fingerprint density at radius 2 is 1.95 bits per heavy atom. The van der Waals surface area contributed by atoms with Gasteiger partial charge in [0, 0.05) is 11.6 Å². The van der Waals surface area contributed by atoms with E-state index in [0.717, 1.165) is 22.6 Å². The first-order chi connectivity index (χ1) is 9.95. The second kappa shape index (κ2) is 4.88. The first-order valence-corrected chi connectivity index (χ1v) is 7.05. The molecule has 0 atom stereocenters. The van der Waals surface area contributed by atoms with Crippen LogP contribution in [0, 0.1) is 0 Å². The van der Waals surface area contributed by atoms with Gasteiger partial charge in [-0.2, -0.15) is 0 Å². The van der Waals surface area contributed by atoms with Gasteiger partial charge in [-0.15, -0.1) is 0 Å². The van der Waals surface area contributed by atoms with Crippen LogP contribution in [0.1, 0.15) is 32.2 Å². The van der Waals surface area contributed by atoms with Crippen LogP contribution < -0.4 is 0 Å². The van der Waals surface area contributed by atoms with Crippen molar-refractivity contribution in [3.8, 4) is 5.75 Å². The fourth-order valence-electron chi connectivity index (χ4n) is 2.52. The first kappa shape index (κ1) is 13.6. The average Bonchev–Trinajstić information content (AvgIpc) is 2.78. The molecule has 108 valence electrons. The van der Waals surface area contributed by atoms with E-state index in [1.54, 1.807) is 18.3 Å². The minimum Gasteiger partial charge on any atom is -0.508 e. The number of hydrogen-bond donors (Lipinski definition) is 1. The van der Waals surface area contributed by atoms with Gasteiger partial charge in [-0.05, 0) is 29.8 Å². The first-order valence-electron chi connectivity index (χ1n) is 7.05. The SMILES string of the molecule is CC(C)(C)c1nc2cccnc2n1Cc1cccc(O)c1. The van der Waals surface area contributed by atoms with Crippen molar-refractivity contribution in [2.75, 3.05) is 0 Å². The van der Waals surface area contributed by atoms with Crippen LogP contribution in [0.15, 0.2) is 42.6 Å². The second-order valence-electron chi connectivity index (χ2n) is 6.29. The van der Waals surface area contributed by atoms with Gasteiger partial charge in [0.05, 0.1) is 6.54 Å². The molecule has 0 unspecified atom stereocenters. The summed E-state index contributed by atoms with van der Waals surface area (Å²) in [5.41, 5.74) is 2.75. The Kier molecular flexibility index (Phi) is 3.16. The van der Waals surface area contributed by atoms with Gasteiger partial charge in [-0.3, -0.25) is 0 Å². The number of fused-ring (bicyclic) bond motifs is 1. The molecule has 0 aliphatic carbocycles. The van der Waals surface area contributed by atoms with Crippen LogP contribution in [-0.4, -0.2) is 19.6 Å². The Balaban J connectivity index is 2.15. The molecule has 1 N–H and O–H groups in total. The molecule has 0 bridgehead atoms. The van der Waals surface area contributed by atoms with E-state index in [2.05, 4.69) is 30.3 Å². The molecule has 0 fully saturated rings. The molecule has 1 aromatic carbocycles. The van der Waals surface area contributed by atoms with Crippen LogP contribution in [0.3, 0.4) is 0 Å². The number of hydrogen-bond acceptors (Lipinski definition) is 3. The van der Waals surface area contributed by atoms with Crippen LogP contribution in [-0.2, 0) is 12.0 Å². The lowest BCUT2D eigenvalue weighted by molar-refractivity contribution is 0.473. The lowest BCUT2D eigenvalue weighted by Gasteiger charge is -2.20. The van der Waals surface area contributed by atoms with E-state index in [1.807, 2.05) is 24.3 Å². The molecule has 0 saturated carbocycles. The molecule has 0 amide bonds. The summed E-state index contributed by atoms with van der Waals surface area (Å²) in [6.45, 7) is 7.09. The van der Waals surface area contributed by atoms with Crippen molar-refractivity contribution in [2.24, 2.45) is 0 Å². The van der Waals surface area contributed by atoms with E-state index < -0.39 is 0 Å². The topological polar surface area (TPSA) is 50.9 Å². The van der Waals surface area contributed by atoms with Gasteiger partial charge in [0.2, 0.25) is 0 Å². The van der Waals surface area contributed by atoms with Crippen LogP contribution in [0.4, 0.5) is 0 Å². The fourth-order valence-corrected chi connectivity index (χ4v) is 2.52. The summed E-state index contributed by atoms with van der Waals surface area (Å²) in [5, 5.41) is 9.64. The molecule has 0 aliphatic heterocycles. The maximum Gasteiger partial charge on any atom is 0.160 e. The minimum atomic E-state index is -0.0719. The van der Waals surface area contributed by atoms with Crippen molar-refractivity contribution in [1.82, 2.24) is 14.5 Å². The van der Waals surface area contributed by atoms with E-state index in [4.69, 9.17) is 4.98 Å². The number of pyridine rings is 1. The third-order valence-electron chi connectivity index (χ3n) is 3.43. The molecule has 4 nitrogen and oxygen atoms in total. The van der Waals surface area contributed by atoms with Crippen molar-refractivity contribution in [2.45, 2.75) is 32.7 Å². The van der Waals surface area contributed by atoms with Crippen LogP contribution in [0.2, 0.25) is 0 Å². The second-order valence-corrected chi connectivity index (χ2v) is 6.29. The van der Waals surface area contributed by atoms with E-state index in [1.165, 1.54) is 0 Å². The summed E-state index contributed by atoms with van der Waals surface area (Å²) >= 11 is 0. The number of phenolic OH excluding ortho intramolecular Hbond substituents is 1. The third-order valence-corrected chi connectivity index (χ3v) is 3.43. The van der Waals surface area contributed by atoms with E-state index in [-0.39, 0.29) is 11.2 Å². The average molecular weight is 281 g/mol. The molecule has 0 spiro atoms. The highest BCUT2D eigenvalue weighted by Gasteiger charge is 2.23. The summed E-state index contributed by atoms with van der Waals surface area (Å²) in [6, 6.07) is 11.2. The normalized spacial score (nSPS) is 12.0. The van der Waals surface area contributed by atoms with Crippen molar-refractivity contribution in [3.63, 3.8) is 0 Å². The van der Waals surface area contributed by atoms with Crippen molar-refractivity contribution < 1.29 is 5.11 Å². The Labute approximate surface area is 124 Å². The van der Waals surface area contributed by atoms with E-state index in [9.17, 15) is 5.11 Å². The monoisotopic (exact) mass is 281 g/mol. The quantitative estimate of drug-likeness (QED) is 0.782. The highest BCUT2D eigenvalue weighted by molar-refractivity contribution is 5.71. The minimum absolute atomic E-state index is 0.0719. The molecule has 0 saturated heterocycles. The van der Waals surface area contributed by atoms with Gasteiger partial charge in [-0.25, -0.2) is 9.97 Å².